The molecule has 1 aliphatic rings. The summed E-state index contributed by atoms with van der Waals surface area (Å²) in [6, 6.07) is 1.59. The molecule has 0 atom stereocenters. The van der Waals surface area contributed by atoms with Crippen LogP contribution in [0, 0.1) is 12.8 Å². The van der Waals surface area contributed by atoms with Crippen molar-refractivity contribution in [2.24, 2.45) is 5.92 Å². The van der Waals surface area contributed by atoms with Crippen LogP contribution in [-0.4, -0.2) is 43.5 Å². The second-order valence-electron chi connectivity index (χ2n) is 6.53. The molecule has 1 aromatic rings. The molecule has 2 rings (SSSR count). The van der Waals surface area contributed by atoms with E-state index in [0.29, 0.717) is 30.4 Å². The van der Waals surface area contributed by atoms with Crippen LogP contribution in [0.15, 0.2) is 17.2 Å². The smallest absolute Gasteiger partial charge is 0.244 e. The molecule has 0 radical (unpaired) electrons. The van der Waals surface area contributed by atoms with Gasteiger partial charge in [0.05, 0.1) is 6.10 Å². The van der Waals surface area contributed by atoms with Gasteiger partial charge in [0.1, 0.15) is 10.7 Å². The number of aromatic nitrogens is 1. The number of hydrogen-bond donors (Lipinski definition) is 1. The fourth-order valence-corrected chi connectivity index (χ4v) is 4.06. The van der Waals surface area contributed by atoms with Crippen LogP contribution >= 0.6 is 0 Å². The Labute approximate surface area is 139 Å². The van der Waals surface area contributed by atoms with Crippen molar-refractivity contribution in [3.63, 3.8) is 0 Å². The normalized spacial score (nSPS) is 17.7. The summed E-state index contributed by atoms with van der Waals surface area (Å²) in [6.07, 6.45) is 4.00. The van der Waals surface area contributed by atoms with E-state index in [-0.39, 0.29) is 11.0 Å². The lowest BCUT2D eigenvalue weighted by Crippen LogP contribution is -2.41. The van der Waals surface area contributed by atoms with Crippen LogP contribution in [0.25, 0.3) is 0 Å². The zero-order chi connectivity index (χ0) is 17.0. The molecule has 130 valence electrons. The third kappa shape index (κ3) is 4.65. The van der Waals surface area contributed by atoms with Crippen molar-refractivity contribution < 1.29 is 13.2 Å². The predicted molar refractivity (Wildman–Crippen MR) is 90.6 cm³/mol. The summed E-state index contributed by atoms with van der Waals surface area (Å²) in [5.74, 6) is 0.984. The second-order valence-corrected chi connectivity index (χ2v) is 8.47. The highest BCUT2D eigenvalue weighted by molar-refractivity contribution is 7.89. The van der Waals surface area contributed by atoms with E-state index in [1.807, 2.05) is 0 Å². The van der Waals surface area contributed by atoms with Crippen molar-refractivity contribution in [3.05, 3.63) is 17.8 Å². The first-order chi connectivity index (χ1) is 10.8. The van der Waals surface area contributed by atoms with E-state index in [9.17, 15) is 8.42 Å². The number of rotatable bonds is 6. The molecule has 2 heterocycles. The van der Waals surface area contributed by atoms with E-state index in [0.717, 1.165) is 25.9 Å². The Morgan fingerprint density at radius 3 is 2.61 bits per heavy atom. The summed E-state index contributed by atoms with van der Waals surface area (Å²) in [5, 5.41) is 0. The first-order valence-corrected chi connectivity index (χ1v) is 9.58. The van der Waals surface area contributed by atoms with E-state index in [2.05, 4.69) is 18.8 Å². The first-order valence-electron chi connectivity index (χ1n) is 8.14. The highest BCUT2D eigenvalue weighted by Crippen LogP contribution is 2.23. The fourth-order valence-electron chi connectivity index (χ4n) is 2.56. The third-order valence-electron chi connectivity index (χ3n) is 4.18. The maximum absolute atomic E-state index is 12.7. The Hall–Kier alpha value is -1.18. The second kappa shape index (κ2) is 7.59. The minimum Gasteiger partial charge on any atom is -0.383 e. The molecule has 1 aromatic heterocycles. The number of hydrogen-bond acceptors (Lipinski definition) is 5. The van der Waals surface area contributed by atoms with Gasteiger partial charge in [0.2, 0.25) is 10.0 Å². The fraction of sp³-hybridized carbons (Fsp3) is 0.688. The monoisotopic (exact) mass is 341 g/mol. The van der Waals surface area contributed by atoms with Crippen LogP contribution in [0.4, 0.5) is 5.82 Å². The number of nitrogens with zero attached hydrogens (tertiary/aromatic N) is 2. The van der Waals surface area contributed by atoms with E-state index < -0.39 is 10.0 Å². The molecule has 7 heteroatoms. The Kier molecular flexibility index (Phi) is 6.00. The van der Waals surface area contributed by atoms with Crippen molar-refractivity contribution >= 4 is 15.8 Å². The molecule has 0 amide bonds. The Balaban J connectivity index is 1.94. The molecular weight excluding hydrogens is 314 g/mol. The molecule has 0 aromatic carbocycles. The van der Waals surface area contributed by atoms with Crippen LogP contribution in [0.3, 0.4) is 0 Å². The van der Waals surface area contributed by atoms with Gasteiger partial charge in [-0.15, -0.1) is 0 Å². The Bertz CT molecular complexity index is 623. The molecule has 2 N–H and O–H groups in total. The number of ether oxygens (including phenoxy) is 1. The lowest BCUT2D eigenvalue weighted by molar-refractivity contribution is 0.0162. The lowest BCUT2D eigenvalue weighted by Gasteiger charge is -2.31. The van der Waals surface area contributed by atoms with Gasteiger partial charge in [-0.25, -0.2) is 13.4 Å². The van der Waals surface area contributed by atoms with Gasteiger partial charge in [-0.1, -0.05) is 13.8 Å². The van der Waals surface area contributed by atoms with Gasteiger partial charge in [0.25, 0.3) is 0 Å². The quantitative estimate of drug-likeness (QED) is 0.857. The number of sulfonamides is 1. The zero-order valence-electron chi connectivity index (χ0n) is 14.2. The minimum absolute atomic E-state index is 0.159. The van der Waals surface area contributed by atoms with Gasteiger partial charge in [0, 0.05) is 25.9 Å². The molecule has 1 aliphatic heterocycles. The lowest BCUT2D eigenvalue weighted by atomic mass is 10.1. The summed E-state index contributed by atoms with van der Waals surface area (Å²) in [7, 11) is -3.50. The molecular formula is C16H27N3O3S. The van der Waals surface area contributed by atoms with Crippen LogP contribution in [0.2, 0.25) is 0 Å². The maximum atomic E-state index is 12.7. The number of nitrogens with two attached hydrogens (primary N) is 1. The zero-order valence-corrected chi connectivity index (χ0v) is 15.0. The SMILES string of the molecule is Cc1cc(S(=O)(=O)N2CCC(OCCC(C)C)CC2)cnc1N. The highest BCUT2D eigenvalue weighted by Gasteiger charge is 2.30. The summed E-state index contributed by atoms with van der Waals surface area (Å²) < 4.78 is 32.7. The number of pyridine rings is 1. The van der Waals surface area contributed by atoms with Crippen LogP contribution < -0.4 is 5.73 Å². The van der Waals surface area contributed by atoms with Crippen LogP contribution in [0.5, 0.6) is 0 Å². The van der Waals surface area contributed by atoms with Crippen molar-refractivity contribution in [2.45, 2.75) is 51.0 Å². The summed E-state index contributed by atoms with van der Waals surface area (Å²) >= 11 is 0. The standard InChI is InChI=1S/C16H27N3O3S/c1-12(2)6-9-22-14-4-7-19(8-5-14)23(20,21)15-10-13(3)16(17)18-11-15/h10-12,14H,4-9H2,1-3H3,(H2,17,18). The number of aryl methyl sites for hydroxylation is 1. The van der Waals surface area contributed by atoms with Gasteiger partial charge in [-0.3, -0.25) is 0 Å². The van der Waals surface area contributed by atoms with Crippen LogP contribution in [-0.2, 0) is 14.8 Å². The van der Waals surface area contributed by atoms with Crippen LogP contribution in [0.1, 0.15) is 38.7 Å². The van der Waals surface area contributed by atoms with Gasteiger partial charge < -0.3 is 10.5 Å². The molecule has 1 saturated heterocycles. The third-order valence-corrected chi connectivity index (χ3v) is 6.05. The van der Waals surface area contributed by atoms with Gasteiger partial charge in [-0.05, 0) is 43.7 Å². The van der Waals surface area contributed by atoms with Crippen molar-refractivity contribution in [2.75, 3.05) is 25.4 Å². The highest BCUT2D eigenvalue weighted by atomic mass is 32.2. The first kappa shape index (κ1) is 18.2. The molecule has 1 fully saturated rings. The van der Waals surface area contributed by atoms with Crippen molar-refractivity contribution in [3.8, 4) is 0 Å². The molecule has 23 heavy (non-hydrogen) atoms. The molecule has 6 nitrogen and oxygen atoms in total. The number of piperidine rings is 1. The van der Waals surface area contributed by atoms with E-state index in [1.165, 1.54) is 10.5 Å². The molecule has 0 unspecified atom stereocenters. The van der Waals surface area contributed by atoms with E-state index >= 15 is 0 Å². The number of nitrogen functional groups attached to an aromatic ring is 1. The minimum atomic E-state index is -3.50. The summed E-state index contributed by atoms with van der Waals surface area (Å²) in [5.41, 5.74) is 6.34. The summed E-state index contributed by atoms with van der Waals surface area (Å²) in [4.78, 5) is 4.17. The largest absolute Gasteiger partial charge is 0.383 e. The molecule has 0 aliphatic carbocycles. The van der Waals surface area contributed by atoms with Gasteiger partial charge >= 0.3 is 0 Å². The number of anilines is 1. The Morgan fingerprint density at radius 1 is 1.39 bits per heavy atom. The molecule has 0 bridgehead atoms. The average Bonchev–Trinajstić information content (AvgIpc) is 2.50. The van der Waals surface area contributed by atoms with Gasteiger partial charge in [0.15, 0.2) is 0 Å². The van der Waals surface area contributed by atoms with E-state index in [4.69, 9.17) is 10.5 Å². The van der Waals surface area contributed by atoms with E-state index in [1.54, 1.807) is 13.0 Å². The average molecular weight is 341 g/mol. The molecule has 0 spiro atoms. The van der Waals surface area contributed by atoms with Crippen molar-refractivity contribution in [1.82, 2.24) is 9.29 Å². The topological polar surface area (TPSA) is 85.5 Å². The maximum Gasteiger partial charge on any atom is 0.244 e. The Morgan fingerprint density at radius 2 is 2.04 bits per heavy atom. The van der Waals surface area contributed by atoms with Gasteiger partial charge in [-0.2, -0.15) is 4.31 Å². The van der Waals surface area contributed by atoms with Crippen molar-refractivity contribution in [1.29, 1.82) is 0 Å². The molecule has 0 saturated carbocycles. The summed E-state index contributed by atoms with van der Waals surface area (Å²) in [6.45, 7) is 7.81. The predicted octanol–water partition coefficient (Wildman–Crippen LogP) is 2.19.